The molecule has 0 atom stereocenters. The number of non-ortho nitro benzene ring substituents is 1. The molecule has 2 aromatic rings. The molecular formula is C13H11BrN4O3. The zero-order valence-electron chi connectivity index (χ0n) is 11.0. The second-order valence-electron chi connectivity index (χ2n) is 4.02. The van der Waals surface area contributed by atoms with Crippen molar-refractivity contribution in [3.63, 3.8) is 0 Å². The summed E-state index contributed by atoms with van der Waals surface area (Å²) in [6.07, 6.45) is 1.56. The molecule has 0 unspecified atom stereocenters. The van der Waals surface area contributed by atoms with Crippen molar-refractivity contribution >= 4 is 39.0 Å². The lowest BCUT2D eigenvalue weighted by Gasteiger charge is -2.10. The van der Waals surface area contributed by atoms with Crippen LogP contribution in [0.4, 0.5) is 17.2 Å². The van der Waals surface area contributed by atoms with Crippen molar-refractivity contribution in [2.45, 2.75) is 0 Å². The smallest absolute Gasteiger partial charge is 0.271 e. The van der Waals surface area contributed by atoms with Gasteiger partial charge in [0.25, 0.3) is 11.6 Å². The van der Waals surface area contributed by atoms with Gasteiger partial charge in [-0.25, -0.2) is 4.98 Å². The number of nitrogens with one attached hydrogen (secondary N) is 2. The van der Waals surface area contributed by atoms with Crippen LogP contribution in [0.3, 0.4) is 0 Å². The zero-order chi connectivity index (χ0) is 15.4. The number of nitrogens with zero attached hydrogens (tertiary/aromatic N) is 2. The molecule has 1 heterocycles. The van der Waals surface area contributed by atoms with Crippen molar-refractivity contribution in [2.24, 2.45) is 0 Å². The molecule has 0 spiro atoms. The summed E-state index contributed by atoms with van der Waals surface area (Å²) >= 11 is 3.25. The van der Waals surface area contributed by atoms with Gasteiger partial charge >= 0.3 is 0 Å². The Morgan fingerprint density at radius 1 is 1.38 bits per heavy atom. The Bertz CT molecular complexity index is 706. The highest BCUT2D eigenvalue weighted by atomic mass is 79.9. The molecule has 1 aromatic carbocycles. The van der Waals surface area contributed by atoms with Gasteiger partial charge in [0.2, 0.25) is 0 Å². The van der Waals surface area contributed by atoms with E-state index in [1.165, 1.54) is 18.2 Å². The van der Waals surface area contributed by atoms with E-state index >= 15 is 0 Å². The fraction of sp³-hybridized carbons (Fsp3) is 0.0769. The van der Waals surface area contributed by atoms with E-state index in [4.69, 9.17) is 0 Å². The van der Waals surface area contributed by atoms with Crippen LogP contribution in [0.2, 0.25) is 0 Å². The van der Waals surface area contributed by atoms with Crippen LogP contribution in [0.15, 0.2) is 41.0 Å². The molecule has 0 bridgehead atoms. The number of pyridine rings is 1. The lowest BCUT2D eigenvalue weighted by atomic mass is 10.2. The molecule has 0 saturated carbocycles. The van der Waals surface area contributed by atoms with Crippen molar-refractivity contribution in [1.29, 1.82) is 0 Å². The summed E-state index contributed by atoms with van der Waals surface area (Å²) in [6, 6.07) is 7.40. The summed E-state index contributed by atoms with van der Waals surface area (Å²) in [4.78, 5) is 26.5. The topological polar surface area (TPSA) is 97.2 Å². The van der Waals surface area contributed by atoms with Gasteiger partial charge in [-0.15, -0.1) is 0 Å². The number of carbonyl (C=O) groups is 1. The van der Waals surface area contributed by atoms with E-state index in [2.05, 4.69) is 31.5 Å². The Hall–Kier alpha value is -2.48. The van der Waals surface area contributed by atoms with Crippen molar-refractivity contribution in [3.8, 4) is 0 Å². The van der Waals surface area contributed by atoms with E-state index in [-0.39, 0.29) is 5.69 Å². The lowest BCUT2D eigenvalue weighted by Crippen LogP contribution is -2.15. The predicted molar refractivity (Wildman–Crippen MR) is 82.5 cm³/mol. The Kier molecular flexibility index (Phi) is 4.49. The van der Waals surface area contributed by atoms with Crippen LogP contribution in [-0.2, 0) is 0 Å². The Morgan fingerprint density at radius 3 is 2.81 bits per heavy atom. The standard InChI is InChI=1S/C13H11BrN4O3/c1-15-12-9(3-2-6-16-12)13(19)17-11-7-8(18(20)21)4-5-10(11)14/h2-7H,1H3,(H,15,16)(H,17,19). The first-order valence-corrected chi connectivity index (χ1v) is 6.70. The van der Waals surface area contributed by atoms with Gasteiger partial charge in [0.15, 0.2) is 0 Å². The van der Waals surface area contributed by atoms with E-state index in [1.54, 1.807) is 25.4 Å². The van der Waals surface area contributed by atoms with Crippen LogP contribution in [0.25, 0.3) is 0 Å². The third-order valence-electron chi connectivity index (χ3n) is 2.70. The van der Waals surface area contributed by atoms with Crippen LogP contribution in [0, 0.1) is 10.1 Å². The highest BCUT2D eigenvalue weighted by molar-refractivity contribution is 9.10. The maximum atomic E-state index is 12.2. The van der Waals surface area contributed by atoms with E-state index in [0.717, 1.165) is 0 Å². The number of nitro benzene ring substituents is 1. The summed E-state index contributed by atoms with van der Waals surface area (Å²) in [5.41, 5.74) is 0.562. The van der Waals surface area contributed by atoms with Gasteiger partial charge in [0.1, 0.15) is 5.82 Å². The molecule has 2 N–H and O–H groups in total. The normalized spacial score (nSPS) is 10.0. The van der Waals surface area contributed by atoms with Crippen LogP contribution in [-0.4, -0.2) is 22.9 Å². The van der Waals surface area contributed by atoms with Gasteiger partial charge in [0.05, 0.1) is 16.2 Å². The third-order valence-corrected chi connectivity index (χ3v) is 3.39. The van der Waals surface area contributed by atoms with Crippen molar-refractivity contribution in [1.82, 2.24) is 4.98 Å². The molecule has 1 aromatic heterocycles. The maximum absolute atomic E-state index is 12.2. The lowest BCUT2D eigenvalue weighted by molar-refractivity contribution is -0.384. The number of carbonyl (C=O) groups excluding carboxylic acids is 1. The van der Waals surface area contributed by atoms with Gasteiger partial charge in [0, 0.05) is 29.8 Å². The number of nitro groups is 1. The number of halogens is 1. The van der Waals surface area contributed by atoms with Crippen molar-refractivity contribution in [3.05, 3.63) is 56.7 Å². The number of amides is 1. The van der Waals surface area contributed by atoms with Crippen molar-refractivity contribution < 1.29 is 9.72 Å². The molecule has 0 saturated heterocycles. The number of hydrogen-bond donors (Lipinski definition) is 2. The monoisotopic (exact) mass is 350 g/mol. The van der Waals surface area contributed by atoms with Crippen LogP contribution >= 0.6 is 15.9 Å². The minimum absolute atomic E-state index is 0.103. The van der Waals surface area contributed by atoms with E-state index in [9.17, 15) is 14.9 Å². The van der Waals surface area contributed by atoms with E-state index in [1.807, 2.05) is 0 Å². The molecule has 2 rings (SSSR count). The molecule has 0 aliphatic carbocycles. The predicted octanol–water partition coefficient (Wildman–Crippen LogP) is 3.05. The van der Waals surface area contributed by atoms with E-state index < -0.39 is 10.8 Å². The van der Waals surface area contributed by atoms with Crippen LogP contribution in [0.1, 0.15) is 10.4 Å². The maximum Gasteiger partial charge on any atom is 0.271 e. The Labute approximate surface area is 128 Å². The van der Waals surface area contributed by atoms with Gasteiger partial charge in [-0.2, -0.15) is 0 Å². The molecule has 0 aliphatic rings. The Balaban J connectivity index is 2.31. The Morgan fingerprint density at radius 2 is 2.14 bits per heavy atom. The largest absolute Gasteiger partial charge is 0.372 e. The molecular weight excluding hydrogens is 340 g/mol. The summed E-state index contributed by atoms with van der Waals surface area (Å²) in [6.45, 7) is 0. The minimum atomic E-state index is -0.523. The fourth-order valence-electron chi connectivity index (χ4n) is 1.70. The van der Waals surface area contributed by atoms with Gasteiger partial charge in [-0.05, 0) is 34.1 Å². The molecule has 8 heteroatoms. The number of rotatable bonds is 4. The minimum Gasteiger partial charge on any atom is -0.372 e. The first-order valence-electron chi connectivity index (χ1n) is 5.91. The second kappa shape index (κ2) is 6.31. The molecule has 21 heavy (non-hydrogen) atoms. The average molecular weight is 351 g/mol. The molecule has 0 radical (unpaired) electrons. The molecule has 1 amide bonds. The van der Waals surface area contributed by atoms with Crippen LogP contribution in [0.5, 0.6) is 0 Å². The van der Waals surface area contributed by atoms with E-state index in [0.29, 0.717) is 21.5 Å². The molecule has 0 fully saturated rings. The van der Waals surface area contributed by atoms with Crippen LogP contribution < -0.4 is 10.6 Å². The highest BCUT2D eigenvalue weighted by Crippen LogP contribution is 2.28. The van der Waals surface area contributed by atoms with Gasteiger partial charge in [-0.1, -0.05) is 0 Å². The summed E-state index contributed by atoms with van der Waals surface area (Å²) in [5, 5.41) is 16.2. The average Bonchev–Trinajstić information content (AvgIpc) is 2.49. The molecule has 108 valence electrons. The fourth-order valence-corrected chi connectivity index (χ4v) is 2.05. The quantitative estimate of drug-likeness (QED) is 0.652. The van der Waals surface area contributed by atoms with Gasteiger partial charge in [-0.3, -0.25) is 14.9 Å². The number of aromatic nitrogens is 1. The highest BCUT2D eigenvalue weighted by Gasteiger charge is 2.15. The first-order chi connectivity index (χ1) is 10.0. The SMILES string of the molecule is CNc1ncccc1C(=O)Nc1cc([N+](=O)[O-])ccc1Br. The first kappa shape index (κ1) is 14.9. The molecule has 0 aliphatic heterocycles. The summed E-state index contributed by atoms with van der Waals surface area (Å²) in [5.74, 6) is 0.0187. The molecule has 7 nitrogen and oxygen atoms in total. The zero-order valence-corrected chi connectivity index (χ0v) is 12.5. The number of hydrogen-bond acceptors (Lipinski definition) is 5. The summed E-state index contributed by atoms with van der Waals surface area (Å²) < 4.78 is 0.552. The van der Waals surface area contributed by atoms with Crippen molar-refractivity contribution in [2.75, 3.05) is 17.7 Å². The summed E-state index contributed by atoms with van der Waals surface area (Å²) in [7, 11) is 1.66. The number of benzene rings is 1. The third kappa shape index (κ3) is 3.34. The second-order valence-corrected chi connectivity index (χ2v) is 4.88. The number of anilines is 2. The van der Waals surface area contributed by atoms with Gasteiger partial charge < -0.3 is 10.6 Å².